The molecule has 4 aromatic rings. The topological polar surface area (TPSA) is 108 Å². The van der Waals surface area contributed by atoms with Crippen molar-refractivity contribution in [2.75, 3.05) is 18.6 Å². The van der Waals surface area contributed by atoms with Crippen molar-refractivity contribution in [3.05, 3.63) is 76.4 Å². The molecule has 0 aliphatic carbocycles. The molecule has 4 rings (SSSR count). The molecule has 3 heterocycles. The summed E-state index contributed by atoms with van der Waals surface area (Å²) < 4.78 is 20.7. The van der Waals surface area contributed by atoms with Gasteiger partial charge in [-0.05, 0) is 77.2 Å². The number of nitrogens with zero attached hydrogens (tertiary/aromatic N) is 7. The molecule has 42 heavy (non-hydrogen) atoms. The average molecular weight is 586 g/mol. The van der Waals surface area contributed by atoms with Crippen LogP contribution in [-0.4, -0.2) is 46.4 Å². The number of anilines is 2. The highest BCUT2D eigenvalue weighted by atomic mass is 32.1. The molecule has 0 atom stereocenters. The number of carbonyl (C=O) groups is 1. The number of aliphatic imine (C=N–C) groups is 2. The number of nitriles is 1. The van der Waals surface area contributed by atoms with Crippen molar-refractivity contribution in [3.8, 4) is 17.3 Å². The molecule has 0 unspecified atom stereocenters. The maximum absolute atomic E-state index is 13.5. The van der Waals surface area contributed by atoms with Gasteiger partial charge in [0.1, 0.15) is 39.3 Å². The van der Waals surface area contributed by atoms with Crippen molar-refractivity contribution in [1.29, 1.82) is 5.26 Å². The second-order valence-electron chi connectivity index (χ2n) is 9.97. The lowest BCUT2D eigenvalue weighted by molar-refractivity contribution is -0.151. The van der Waals surface area contributed by atoms with E-state index in [1.165, 1.54) is 29.7 Å². The van der Waals surface area contributed by atoms with E-state index in [-0.39, 0.29) is 12.4 Å². The number of aromatic nitrogens is 3. The maximum atomic E-state index is 13.5. The fourth-order valence-electron chi connectivity index (χ4n) is 4.36. The summed E-state index contributed by atoms with van der Waals surface area (Å²) in [6.45, 7) is 13.0. The summed E-state index contributed by atoms with van der Waals surface area (Å²) in [6, 6.07) is 12.0. The molecular weight excluding hydrogens is 553 g/mol. The molecule has 0 spiro atoms. The van der Waals surface area contributed by atoms with E-state index in [1.54, 1.807) is 32.9 Å². The molecule has 1 aromatic carbocycles. The molecule has 0 saturated carbocycles. The number of rotatable bonds is 10. The lowest BCUT2D eigenvalue weighted by atomic mass is 9.90. The zero-order chi connectivity index (χ0) is 30.6. The number of esters is 1. The molecule has 0 fully saturated rings. The predicted octanol–water partition coefficient (Wildman–Crippen LogP) is 6.74. The Morgan fingerprint density at radius 1 is 1.24 bits per heavy atom. The summed E-state index contributed by atoms with van der Waals surface area (Å²) >= 11 is 1.26. The van der Waals surface area contributed by atoms with E-state index in [4.69, 9.17) is 14.7 Å². The van der Waals surface area contributed by atoms with Crippen LogP contribution in [0.3, 0.4) is 0 Å². The average Bonchev–Trinajstić information content (AvgIpc) is 3.58. The Hall–Kier alpha value is -4.69. The lowest BCUT2D eigenvalue weighted by Gasteiger charge is -2.22. The standard InChI is InChI=1S/C31H32FN7O2S/c1-8-23-28(38(7)30-37-27(24(16-33)42-30)20-10-13-22(32)14-11-20)39-18-21(12-15-26(39)36-23)19(3)35-17-25(34-6)31(4,5)29(40)41-9-2/h10-15,17-18H,6,8-9H2,1-5,7H3/b25-17-,35-19?. The second-order valence-corrected chi connectivity index (χ2v) is 10.9. The highest BCUT2D eigenvalue weighted by Gasteiger charge is 2.33. The van der Waals surface area contributed by atoms with Gasteiger partial charge in [0.15, 0.2) is 5.13 Å². The molecule has 0 amide bonds. The summed E-state index contributed by atoms with van der Waals surface area (Å²) in [5, 5.41) is 10.4. The van der Waals surface area contributed by atoms with E-state index in [1.807, 2.05) is 48.5 Å². The Morgan fingerprint density at radius 3 is 2.57 bits per heavy atom. The fraction of sp³-hybridized carbons (Fsp3) is 0.290. The first-order valence-corrected chi connectivity index (χ1v) is 14.2. The monoisotopic (exact) mass is 585 g/mol. The van der Waals surface area contributed by atoms with Crippen molar-refractivity contribution in [3.63, 3.8) is 0 Å². The van der Waals surface area contributed by atoms with Crippen LogP contribution in [0.2, 0.25) is 0 Å². The highest BCUT2D eigenvalue weighted by molar-refractivity contribution is 7.16. The minimum atomic E-state index is -1.01. The number of pyridine rings is 1. The maximum Gasteiger partial charge on any atom is 0.317 e. The van der Waals surface area contributed by atoms with Crippen LogP contribution in [0.4, 0.5) is 15.3 Å². The zero-order valence-electron chi connectivity index (χ0n) is 24.5. The SMILES string of the molecule is C=N/C(=C\N=C(C)c1ccc2nc(CC)c(N(C)c3nc(-c4ccc(F)cc4)c(C#N)s3)n2c1)C(C)(C)C(=O)OCC. The van der Waals surface area contributed by atoms with Gasteiger partial charge in [-0.3, -0.25) is 19.2 Å². The Morgan fingerprint density at radius 2 is 1.95 bits per heavy atom. The number of carbonyl (C=O) groups excluding carboxylic acids is 1. The van der Waals surface area contributed by atoms with Crippen LogP contribution in [-0.2, 0) is 16.0 Å². The molecule has 0 aliphatic rings. The Bertz CT molecular complexity index is 1740. The van der Waals surface area contributed by atoms with E-state index in [0.29, 0.717) is 39.1 Å². The van der Waals surface area contributed by atoms with Crippen molar-refractivity contribution >= 4 is 46.3 Å². The van der Waals surface area contributed by atoms with Crippen LogP contribution >= 0.6 is 11.3 Å². The van der Waals surface area contributed by atoms with E-state index < -0.39 is 11.4 Å². The quantitative estimate of drug-likeness (QED) is 0.151. The third-order valence-corrected chi connectivity index (χ3v) is 7.87. The molecule has 11 heteroatoms. The van der Waals surface area contributed by atoms with Gasteiger partial charge >= 0.3 is 5.97 Å². The van der Waals surface area contributed by atoms with E-state index >= 15 is 0 Å². The summed E-state index contributed by atoms with van der Waals surface area (Å²) in [7, 11) is 1.88. The predicted molar refractivity (Wildman–Crippen MR) is 165 cm³/mol. The van der Waals surface area contributed by atoms with Gasteiger partial charge in [-0.2, -0.15) is 5.26 Å². The molecule has 0 saturated heterocycles. The van der Waals surface area contributed by atoms with Gasteiger partial charge in [0.25, 0.3) is 0 Å². The minimum Gasteiger partial charge on any atom is -0.465 e. The largest absolute Gasteiger partial charge is 0.465 e. The number of aryl methyl sites for hydroxylation is 1. The van der Waals surface area contributed by atoms with Gasteiger partial charge in [0.05, 0.1) is 18.0 Å². The number of halogens is 1. The van der Waals surface area contributed by atoms with Crippen LogP contribution in [0.15, 0.2) is 64.5 Å². The third kappa shape index (κ3) is 5.85. The summed E-state index contributed by atoms with van der Waals surface area (Å²) in [4.78, 5) is 33.0. The molecule has 0 bridgehead atoms. The molecular formula is C31H32FN7O2S. The van der Waals surface area contributed by atoms with E-state index in [9.17, 15) is 14.4 Å². The molecule has 216 valence electrons. The van der Waals surface area contributed by atoms with Crippen molar-refractivity contribution < 1.29 is 13.9 Å². The van der Waals surface area contributed by atoms with Crippen LogP contribution in [0, 0.1) is 22.6 Å². The van der Waals surface area contributed by atoms with Crippen molar-refractivity contribution in [1.82, 2.24) is 14.4 Å². The number of ether oxygens (including phenoxy) is 1. The Labute approximate surface area is 248 Å². The van der Waals surface area contributed by atoms with Gasteiger partial charge in [0, 0.05) is 36.3 Å². The van der Waals surface area contributed by atoms with E-state index in [0.717, 1.165) is 22.7 Å². The van der Waals surface area contributed by atoms with Gasteiger partial charge in [-0.15, -0.1) is 0 Å². The molecule has 0 radical (unpaired) electrons. The number of imidazole rings is 1. The van der Waals surface area contributed by atoms with Crippen LogP contribution in [0.5, 0.6) is 0 Å². The number of benzene rings is 1. The van der Waals surface area contributed by atoms with Crippen LogP contribution < -0.4 is 4.90 Å². The molecule has 0 aliphatic heterocycles. The Kier molecular flexibility index (Phi) is 8.97. The first-order chi connectivity index (χ1) is 20.0. The lowest BCUT2D eigenvalue weighted by Crippen LogP contribution is -2.28. The molecule has 9 nitrogen and oxygen atoms in total. The van der Waals surface area contributed by atoms with Gasteiger partial charge in [-0.1, -0.05) is 18.3 Å². The van der Waals surface area contributed by atoms with E-state index in [2.05, 4.69) is 22.8 Å². The van der Waals surface area contributed by atoms with Gasteiger partial charge in [0.2, 0.25) is 0 Å². The first-order valence-electron chi connectivity index (χ1n) is 13.4. The van der Waals surface area contributed by atoms with Crippen molar-refractivity contribution in [2.24, 2.45) is 15.4 Å². The molecule has 3 aromatic heterocycles. The highest BCUT2D eigenvalue weighted by Crippen LogP contribution is 2.37. The normalized spacial score (nSPS) is 12.3. The van der Waals surface area contributed by atoms with Gasteiger partial charge in [-0.25, -0.2) is 14.4 Å². The number of hydrogen-bond acceptors (Lipinski definition) is 9. The number of thiazole rings is 1. The third-order valence-electron chi connectivity index (χ3n) is 6.83. The fourth-order valence-corrected chi connectivity index (χ4v) is 5.21. The van der Waals surface area contributed by atoms with Gasteiger partial charge < -0.3 is 9.64 Å². The molecule has 0 N–H and O–H groups in total. The summed E-state index contributed by atoms with van der Waals surface area (Å²) in [6.07, 6.45) is 4.15. The Balaban J connectivity index is 1.75. The smallest absolute Gasteiger partial charge is 0.317 e. The minimum absolute atomic E-state index is 0.267. The number of hydrogen-bond donors (Lipinski definition) is 0. The summed E-state index contributed by atoms with van der Waals surface area (Å²) in [5.74, 6) is 0.0480. The van der Waals surface area contributed by atoms with Crippen LogP contribution in [0.25, 0.3) is 16.9 Å². The second kappa shape index (κ2) is 12.4. The zero-order valence-corrected chi connectivity index (χ0v) is 25.3. The number of fused-ring (bicyclic) bond motifs is 1. The first kappa shape index (κ1) is 30.3. The van der Waals surface area contributed by atoms with Crippen molar-refractivity contribution in [2.45, 2.75) is 41.0 Å². The van der Waals surface area contributed by atoms with Crippen LogP contribution in [0.1, 0.15) is 50.8 Å². The summed E-state index contributed by atoms with van der Waals surface area (Å²) in [5.41, 5.74) is 3.68.